The third-order valence-electron chi connectivity index (χ3n) is 4.51. The predicted molar refractivity (Wildman–Crippen MR) is 105 cm³/mol. The van der Waals surface area contributed by atoms with Crippen LogP contribution in [-0.2, 0) is 16.1 Å². The summed E-state index contributed by atoms with van der Waals surface area (Å²) in [5, 5.41) is 0.667. The minimum absolute atomic E-state index is 0.0442. The first kappa shape index (κ1) is 18.3. The standard InChI is InChI=1S/C20H22N2O3S/c1-12-7-9-15(10-8-12)17-13(2)26-19-18(17)20(24)22(14(3)21-19)11-5-6-16(23)25-4/h7-10H,5-6,11H2,1-4H3. The lowest BCUT2D eigenvalue weighted by atomic mass is 10.0. The number of ether oxygens (including phenoxy) is 1. The summed E-state index contributed by atoms with van der Waals surface area (Å²) in [5.41, 5.74) is 3.13. The van der Waals surface area contributed by atoms with Crippen LogP contribution in [-0.4, -0.2) is 22.6 Å². The molecule has 0 amide bonds. The van der Waals surface area contributed by atoms with E-state index in [-0.39, 0.29) is 17.9 Å². The lowest BCUT2D eigenvalue weighted by Crippen LogP contribution is -2.24. The molecule has 0 aliphatic heterocycles. The average molecular weight is 370 g/mol. The molecule has 0 N–H and O–H groups in total. The van der Waals surface area contributed by atoms with E-state index in [1.807, 2.05) is 32.9 Å². The number of nitrogens with zero attached hydrogens (tertiary/aromatic N) is 2. The maximum Gasteiger partial charge on any atom is 0.305 e. The molecule has 3 rings (SSSR count). The van der Waals surface area contributed by atoms with Gasteiger partial charge in [-0.3, -0.25) is 14.2 Å². The van der Waals surface area contributed by atoms with Gasteiger partial charge in [0, 0.05) is 23.4 Å². The van der Waals surface area contributed by atoms with Crippen LogP contribution in [0.4, 0.5) is 0 Å². The number of carbonyl (C=O) groups excluding carboxylic acids is 1. The maximum absolute atomic E-state index is 13.2. The second-order valence-electron chi connectivity index (χ2n) is 6.37. The molecule has 6 heteroatoms. The Kier molecular flexibility index (Phi) is 5.23. The summed E-state index contributed by atoms with van der Waals surface area (Å²) >= 11 is 1.55. The molecule has 0 saturated heterocycles. The van der Waals surface area contributed by atoms with Crippen LogP contribution in [0.2, 0.25) is 0 Å². The van der Waals surface area contributed by atoms with Crippen molar-refractivity contribution in [1.82, 2.24) is 9.55 Å². The van der Waals surface area contributed by atoms with Gasteiger partial charge in [0.1, 0.15) is 10.7 Å². The first-order chi connectivity index (χ1) is 12.4. The van der Waals surface area contributed by atoms with E-state index >= 15 is 0 Å². The van der Waals surface area contributed by atoms with Gasteiger partial charge in [-0.1, -0.05) is 29.8 Å². The van der Waals surface area contributed by atoms with Crippen molar-refractivity contribution in [2.45, 2.75) is 40.2 Å². The molecule has 136 valence electrons. The Morgan fingerprint density at radius 1 is 1.19 bits per heavy atom. The van der Waals surface area contributed by atoms with Gasteiger partial charge in [0.05, 0.1) is 12.5 Å². The number of hydrogen-bond acceptors (Lipinski definition) is 5. The van der Waals surface area contributed by atoms with E-state index in [1.165, 1.54) is 12.7 Å². The van der Waals surface area contributed by atoms with Gasteiger partial charge in [0.15, 0.2) is 0 Å². The molecular formula is C20H22N2O3S. The van der Waals surface area contributed by atoms with Gasteiger partial charge in [-0.2, -0.15) is 0 Å². The van der Waals surface area contributed by atoms with Crippen LogP contribution < -0.4 is 5.56 Å². The molecule has 2 aromatic heterocycles. The topological polar surface area (TPSA) is 61.2 Å². The van der Waals surface area contributed by atoms with Crippen LogP contribution in [0.15, 0.2) is 29.1 Å². The third-order valence-corrected chi connectivity index (χ3v) is 5.51. The lowest BCUT2D eigenvalue weighted by molar-refractivity contribution is -0.140. The number of esters is 1. The van der Waals surface area contributed by atoms with Gasteiger partial charge in [-0.15, -0.1) is 11.3 Å². The smallest absolute Gasteiger partial charge is 0.305 e. The molecule has 0 radical (unpaired) electrons. The fourth-order valence-corrected chi connectivity index (χ4v) is 4.19. The summed E-state index contributed by atoms with van der Waals surface area (Å²) < 4.78 is 6.33. The average Bonchev–Trinajstić information content (AvgIpc) is 2.94. The van der Waals surface area contributed by atoms with Gasteiger partial charge in [-0.05, 0) is 32.8 Å². The fraction of sp³-hybridized carbons (Fsp3) is 0.350. The molecule has 0 spiro atoms. The predicted octanol–water partition coefficient (Wildman–Crippen LogP) is 4.00. The second kappa shape index (κ2) is 7.41. The van der Waals surface area contributed by atoms with Crippen molar-refractivity contribution in [1.29, 1.82) is 0 Å². The molecule has 2 heterocycles. The number of carbonyl (C=O) groups is 1. The van der Waals surface area contributed by atoms with E-state index in [0.29, 0.717) is 24.2 Å². The van der Waals surface area contributed by atoms with Crippen LogP contribution in [0.25, 0.3) is 21.3 Å². The Morgan fingerprint density at radius 2 is 1.88 bits per heavy atom. The highest BCUT2D eigenvalue weighted by Gasteiger charge is 2.18. The first-order valence-electron chi connectivity index (χ1n) is 8.56. The number of aromatic nitrogens is 2. The van der Waals surface area contributed by atoms with Crippen LogP contribution >= 0.6 is 11.3 Å². The summed E-state index contributed by atoms with van der Waals surface area (Å²) in [4.78, 5) is 31.0. The lowest BCUT2D eigenvalue weighted by Gasteiger charge is -2.10. The van der Waals surface area contributed by atoms with Crippen LogP contribution in [0, 0.1) is 20.8 Å². The van der Waals surface area contributed by atoms with Crippen molar-refractivity contribution in [2.75, 3.05) is 7.11 Å². The monoisotopic (exact) mass is 370 g/mol. The van der Waals surface area contributed by atoms with Crippen molar-refractivity contribution >= 4 is 27.5 Å². The fourth-order valence-electron chi connectivity index (χ4n) is 3.11. The van der Waals surface area contributed by atoms with E-state index < -0.39 is 0 Å². The highest BCUT2D eigenvalue weighted by molar-refractivity contribution is 7.19. The van der Waals surface area contributed by atoms with Crippen molar-refractivity contribution in [3.63, 3.8) is 0 Å². The Morgan fingerprint density at radius 3 is 2.54 bits per heavy atom. The summed E-state index contributed by atoms with van der Waals surface area (Å²) in [5.74, 6) is 0.403. The van der Waals surface area contributed by atoms with E-state index in [4.69, 9.17) is 0 Å². The van der Waals surface area contributed by atoms with Crippen molar-refractivity contribution in [3.8, 4) is 11.1 Å². The van der Waals surface area contributed by atoms with Gasteiger partial charge >= 0.3 is 5.97 Å². The molecule has 1 aromatic carbocycles. The van der Waals surface area contributed by atoms with Gasteiger partial charge in [-0.25, -0.2) is 4.98 Å². The number of rotatable bonds is 5. The highest BCUT2D eigenvalue weighted by Crippen LogP contribution is 2.35. The minimum atomic E-state index is -0.267. The van der Waals surface area contributed by atoms with Crippen molar-refractivity contribution < 1.29 is 9.53 Å². The van der Waals surface area contributed by atoms with Crippen molar-refractivity contribution in [2.24, 2.45) is 0 Å². The van der Waals surface area contributed by atoms with Crippen LogP contribution in [0.3, 0.4) is 0 Å². The summed E-state index contributed by atoms with van der Waals surface area (Å²) in [7, 11) is 1.37. The summed E-state index contributed by atoms with van der Waals surface area (Å²) in [6, 6.07) is 8.19. The van der Waals surface area contributed by atoms with Gasteiger partial charge in [0.25, 0.3) is 5.56 Å². The van der Waals surface area contributed by atoms with E-state index in [0.717, 1.165) is 20.8 Å². The van der Waals surface area contributed by atoms with Gasteiger partial charge < -0.3 is 4.74 Å². The quantitative estimate of drug-likeness (QED) is 0.637. The van der Waals surface area contributed by atoms with Crippen LogP contribution in [0.5, 0.6) is 0 Å². The largest absolute Gasteiger partial charge is 0.469 e. The molecule has 0 aliphatic rings. The Balaban J connectivity index is 2.09. The van der Waals surface area contributed by atoms with E-state index in [2.05, 4.69) is 21.9 Å². The molecule has 0 bridgehead atoms. The number of aryl methyl sites for hydroxylation is 3. The number of fused-ring (bicyclic) bond motifs is 1. The molecule has 0 unspecified atom stereocenters. The molecule has 0 atom stereocenters. The number of hydrogen-bond donors (Lipinski definition) is 0. The van der Waals surface area contributed by atoms with Gasteiger partial charge in [0.2, 0.25) is 0 Å². The number of benzene rings is 1. The minimum Gasteiger partial charge on any atom is -0.469 e. The first-order valence-corrected chi connectivity index (χ1v) is 9.38. The molecule has 0 saturated carbocycles. The Bertz CT molecular complexity index is 1020. The highest BCUT2D eigenvalue weighted by atomic mass is 32.1. The number of thiophene rings is 1. The maximum atomic E-state index is 13.2. The molecule has 26 heavy (non-hydrogen) atoms. The summed E-state index contributed by atoms with van der Waals surface area (Å²) in [6.45, 7) is 6.35. The van der Waals surface area contributed by atoms with Crippen LogP contribution in [0.1, 0.15) is 29.1 Å². The normalized spacial score (nSPS) is 11.1. The molecule has 5 nitrogen and oxygen atoms in total. The zero-order valence-electron chi connectivity index (χ0n) is 15.5. The molecule has 3 aromatic rings. The molecule has 0 aliphatic carbocycles. The van der Waals surface area contributed by atoms with E-state index in [1.54, 1.807) is 15.9 Å². The molecular weight excluding hydrogens is 348 g/mol. The third kappa shape index (κ3) is 3.42. The number of methoxy groups -OCH3 is 1. The molecule has 0 fully saturated rings. The Labute approximate surface area is 156 Å². The SMILES string of the molecule is COC(=O)CCCn1c(C)nc2sc(C)c(-c3ccc(C)cc3)c2c1=O. The second-order valence-corrected chi connectivity index (χ2v) is 7.58. The Hall–Kier alpha value is -2.47. The summed E-state index contributed by atoms with van der Waals surface area (Å²) in [6.07, 6.45) is 0.831. The van der Waals surface area contributed by atoms with Crippen molar-refractivity contribution in [3.05, 3.63) is 50.9 Å². The zero-order valence-corrected chi connectivity index (χ0v) is 16.3. The van der Waals surface area contributed by atoms with E-state index in [9.17, 15) is 9.59 Å². The zero-order chi connectivity index (χ0) is 18.8.